The number of aryl methyl sites for hydroxylation is 1. The van der Waals surface area contributed by atoms with Gasteiger partial charge in [0.15, 0.2) is 0 Å². The van der Waals surface area contributed by atoms with Gasteiger partial charge in [0, 0.05) is 10.9 Å². The Morgan fingerprint density at radius 3 is 2.64 bits per heavy atom. The first kappa shape index (κ1) is 9.21. The molecule has 0 saturated heterocycles. The molecule has 14 heavy (non-hydrogen) atoms. The predicted octanol–water partition coefficient (Wildman–Crippen LogP) is 3.57. The molecule has 1 aromatic heterocycles. The predicted molar refractivity (Wildman–Crippen MR) is 56.1 cm³/mol. The van der Waals surface area contributed by atoms with E-state index >= 15 is 0 Å². The van der Waals surface area contributed by atoms with E-state index in [9.17, 15) is 9.50 Å². The number of thiophene rings is 1. The molecule has 0 unspecified atom stereocenters. The summed E-state index contributed by atoms with van der Waals surface area (Å²) in [5.41, 5.74) is 1.70. The van der Waals surface area contributed by atoms with Crippen molar-refractivity contribution in [1.29, 1.82) is 0 Å². The van der Waals surface area contributed by atoms with Crippen LogP contribution < -0.4 is 0 Å². The number of aromatic hydroxyl groups is 1. The van der Waals surface area contributed by atoms with Gasteiger partial charge in [-0.1, -0.05) is 0 Å². The van der Waals surface area contributed by atoms with Crippen molar-refractivity contribution in [2.45, 2.75) is 6.92 Å². The fourth-order valence-electron chi connectivity index (χ4n) is 1.41. The number of benzene rings is 1. The molecular formula is C11H9FOS. The van der Waals surface area contributed by atoms with Gasteiger partial charge >= 0.3 is 0 Å². The van der Waals surface area contributed by atoms with Gasteiger partial charge in [-0.3, -0.25) is 0 Å². The molecule has 0 aliphatic heterocycles. The molecule has 0 amide bonds. The third-order valence-corrected chi connectivity index (χ3v) is 2.90. The Labute approximate surface area is 85.5 Å². The molecule has 2 aromatic rings. The molecule has 0 radical (unpaired) electrons. The zero-order chi connectivity index (χ0) is 10.1. The van der Waals surface area contributed by atoms with Gasteiger partial charge in [-0.2, -0.15) is 0 Å². The van der Waals surface area contributed by atoms with Crippen LogP contribution in [-0.4, -0.2) is 5.11 Å². The summed E-state index contributed by atoms with van der Waals surface area (Å²) < 4.78 is 13.0. The van der Waals surface area contributed by atoms with Gasteiger partial charge in [0.2, 0.25) is 0 Å². The number of phenolic OH excluding ortho intramolecular Hbond substituents is 1. The molecule has 0 saturated carbocycles. The lowest BCUT2D eigenvalue weighted by Gasteiger charge is -2.01. The average Bonchev–Trinajstić information content (AvgIpc) is 2.49. The fraction of sp³-hybridized carbons (Fsp3) is 0.0909. The zero-order valence-corrected chi connectivity index (χ0v) is 8.44. The first-order valence-corrected chi connectivity index (χ1v) is 5.09. The molecule has 0 bridgehead atoms. The van der Waals surface area contributed by atoms with Crippen LogP contribution in [0.4, 0.5) is 4.39 Å². The van der Waals surface area contributed by atoms with Crippen LogP contribution in [0.15, 0.2) is 29.6 Å². The summed E-state index contributed by atoms with van der Waals surface area (Å²) in [7, 11) is 0. The molecule has 72 valence electrons. The Balaban J connectivity index is 2.57. The van der Waals surface area contributed by atoms with E-state index in [4.69, 9.17) is 0 Å². The smallest absolute Gasteiger partial charge is 0.127 e. The normalized spacial score (nSPS) is 10.4. The highest BCUT2D eigenvalue weighted by Crippen LogP contribution is 2.30. The summed E-state index contributed by atoms with van der Waals surface area (Å²) in [6, 6.07) is 6.02. The number of hydrogen-bond donors (Lipinski definition) is 1. The lowest BCUT2D eigenvalue weighted by molar-refractivity contribution is 0.469. The maximum Gasteiger partial charge on any atom is 0.127 e. The molecule has 1 heterocycles. The first-order valence-electron chi connectivity index (χ1n) is 4.21. The molecule has 0 spiro atoms. The van der Waals surface area contributed by atoms with Gasteiger partial charge in [-0.05, 0) is 41.6 Å². The molecule has 2 rings (SSSR count). The Morgan fingerprint density at radius 1 is 1.29 bits per heavy atom. The topological polar surface area (TPSA) is 20.2 Å². The third kappa shape index (κ3) is 1.63. The number of hydrogen-bond acceptors (Lipinski definition) is 2. The lowest BCUT2D eigenvalue weighted by Crippen LogP contribution is -1.80. The van der Waals surface area contributed by atoms with Crippen LogP contribution in [0, 0.1) is 12.7 Å². The lowest BCUT2D eigenvalue weighted by atomic mass is 10.1. The second-order valence-electron chi connectivity index (χ2n) is 3.09. The van der Waals surface area contributed by atoms with Crippen LogP contribution in [0.25, 0.3) is 11.1 Å². The number of halogens is 1. The highest BCUT2D eigenvalue weighted by atomic mass is 32.1. The van der Waals surface area contributed by atoms with E-state index in [1.54, 1.807) is 17.4 Å². The van der Waals surface area contributed by atoms with Crippen molar-refractivity contribution in [3.8, 4) is 16.9 Å². The molecule has 1 aromatic carbocycles. The van der Waals surface area contributed by atoms with Crippen LogP contribution in [0.3, 0.4) is 0 Å². The fourth-order valence-corrected chi connectivity index (χ4v) is 2.14. The second kappa shape index (κ2) is 3.42. The van der Waals surface area contributed by atoms with Crippen molar-refractivity contribution in [3.63, 3.8) is 0 Å². The summed E-state index contributed by atoms with van der Waals surface area (Å²) in [6.45, 7) is 1.97. The quantitative estimate of drug-likeness (QED) is 0.759. The van der Waals surface area contributed by atoms with Gasteiger partial charge < -0.3 is 5.11 Å². The molecule has 0 aliphatic carbocycles. The van der Waals surface area contributed by atoms with E-state index in [-0.39, 0.29) is 5.75 Å². The SMILES string of the molecule is Cc1sccc1-c1cc(O)cc(F)c1. The average molecular weight is 208 g/mol. The van der Waals surface area contributed by atoms with Crippen LogP contribution in [0.2, 0.25) is 0 Å². The molecule has 1 N–H and O–H groups in total. The molecule has 3 heteroatoms. The van der Waals surface area contributed by atoms with E-state index < -0.39 is 5.82 Å². The first-order chi connectivity index (χ1) is 6.66. The van der Waals surface area contributed by atoms with Crippen LogP contribution in [-0.2, 0) is 0 Å². The van der Waals surface area contributed by atoms with Crippen molar-refractivity contribution in [2.24, 2.45) is 0 Å². The number of phenols is 1. The summed E-state index contributed by atoms with van der Waals surface area (Å²) >= 11 is 1.61. The molecule has 0 atom stereocenters. The van der Waals surface area contributed by atoms with Crippen LogP contribution in [0.1, 0.15) is 4.88 Å². The Morgan fingerprint density at radius 2 is 2.07 bits per heavy atom. The standard InChI is InChI=1S/C11H9FOS/c1-7-11(2-3-14-7)8-4-9(12)6-10(13)5-8/h2-6,13H,1H3. The zero-order valence-electron chi connectivity index (χ0n) is 7.62. The van der Waals surface area contributed by atoms with Crippen LogP contribution in [0.5, 0.6) is 5.75 Å². The summed E-state index contributed by atoms with van der Waals surface area (Å²) in [5, 5.41) is 11.2. The van der Waals surface area contributed by atoms with Gasteiger partial charge in [-0.25, -0.2) is 4.39 Å². The van der Waals surface area contributed by atoms with Gasteiger partial charge in [0.1, 0.15) is 11.6 Å². The van der Waals surface area contributed by atoms with Gasteiger partial charge in [0.05, 0.1) is 0 Å². The van der Waals surface area contributed by atoms with Crippen molar-refractivity contribution in [1.82, 2.24) is 0 Å². The van der Waals surface area contributed by atoms with Crippen molar-refractivity contribution >= 4 is 11.3 Å². The Hall–Kier alpha value is -1.35. The van der Waals surface area contributed by atoms with Crippen LogP contribution >= 0.6 is 11.3 Å². The summed E-state index contributed by atoms with van der Waals surface area (Å²) in [4.78, 5) is 1.12. The van der Waals surface area contributed by atoms with E-state index in [0.29, 0.717) is 0 Å². The maximum atomic E-state index is 13.0. The molecule has 0 fully saturated rings. The van der Waals surface area contributed by atoms with E-state index in [2.05, 4.69) is 0 Å². The largest absolute Gasteiger partial charge is 0.508 e. The second-order valence-corrected chi connectivity index (χ2v) is 4.21. The van der Waals surface area contributed by atoms with Gasteiger partial charge in [0.25, 0.3) is 0 Å². The van der Waals surface area contributed by atoms with Crippen molar-refractivity contribution in [2.75, 3.05) is 0 Å². The highest BCUT2D eigenvalue weighted by Gasteiger charge is 2.05. The Kier molecular flexibility index (Phi) is 2.25. The number of rotatable bonds is 1. The molecule has 1 nitrogen and oxygen atoms in total. The molecule has 0 aliphatic rings. The van der Waals surface area contributed by atoms with Gasteiger partial charge in [-0.15, -0.1) is 11.3 Å². The maximum absolute atomic E-state index is 13.0. The summed E-state index contributed by atoms with van der Waals surface area (Å²) in [6.07, 6.45) is 0. The summed E-state index contributed by atoms with van der Waals surface area (Å²) in [5.74, 6) is -0.448. The third-order valence-electron chi connectivity index (χ3n) is 2.05. The van der Waals surface area contributed by atoms with E-state index in [1.165, 1.54) is 6.07 Å². The minimum absolute atomic E-state index is 0.0365. The monoisotopic (exact) mass is 208 g/mol. The van der Waals surface area contributed by atoms with Crippen molar-refractivity contribution < 1.29 is 9.50 Å². The molecular weight excluding hydrogens is 199 g/mol. The van der Waals surface area contributed by atoms with E-state index in [1.807, 2.05) is 18.4 Å². The minimum Gasteiger partial charge on any atom is -0.508 e. The minimum atomic E-state index is -0.411. The highest BCUT2D eigenvalue weighted by molar-refractivity contribution is 7.10. The Bertz CT molecular complexity index is 442. The van der Waals surface area contributed by atoms with E-state index in [0.717, 1.165) is 22.1 Å². The van der Waals surface area contributed by atoms with Crippen molar-refractivity contribution in [3.05, 3.63) is 40.3 Å².